The van der Waals surface area contributed by atoms with Crippen molar-refractivity contribution in [2.24, 2.45) is 0 Å². The average molecular weight is 735 g/mol. The number of nitrogens with one attached hydrogen (secondary N) is 3. The van der Waals surface area contributed by atoms with E-state index >= 15 is 0 Å². The molecule has 0 spiro atoms. The number of H-pyrrole nitrogens is 2. The zero-order valence-electron chi connectivity index (χ0n) is 32.0. The lowest BCUT2D eigenvalue weighted by molar-refractivity contribution is -0.137. The Morgan fingerprint density at radius 3 is 2.06 bits per heavy atom. The molecule has 3 amide bonds. The molecule has 2 aromatic carbocycles. The van der Waals surface area contributed by atoms with Crippen LogP contribution in [0.3, 0.4) is 0 Å². The fourth-order valence-corrected chi connectivity index (χ4v) is 8.88. The second kappa shape index (κ2) is 16.6. The molecule has 4 atom stereocenters. The number of methoxy groups -OCH3 is 1. The number of aromatic amines is 2. The maximum absolute atomic E-state index is 13.9. The van der Waals surface area contributed by atoms with Crippen LogP contribution in [0.15, 0.2) is 67.0 Å². The smallest absolute Gasteiger partial charge is 0.407 e. The summed E-state index contributed by atoms with van der Waals surface area (Å²) in [6.45, 7) is 3.26. The fraction of sp³-hybridized carbons (Fsp3) is 0.500. The molecular weight excluding hydrogens is 681 g/mol. The third-order valence-corrected chi connectivity index (χ3v) is 11.8. The van der Waals surface area contributed by atoms with Gasteiger partial charge in [0, 0.05) is 30.9 Å². The Bertz CT molecular complexity index is 1880. The van der Waals surface area contributed by atoms with Crippen LogP contribution in [0.5, 0.6) is 0 Å². The number of ether oxygens (including phenoxy) is 1. The highest BCUT2D eigenvalue weighted by Gasteiger charge is 2.38. The monoisotopic (exact) mass is 734 g/mol. The molecule has 12 heteroatoms. The van der Waals surface area contributed by atoms with Crippen molar-refractivity contribution in [3.63, 3.8) is 0 Å². The van der Waals surface area contributed by atoms with Crippen molar-refractivity contribution in [1.29, 1.82) is 0 Å². The summed E-state index contributed by atoms with van der Waals surface area (Å²) in [4.78, 5) is 61.6. The van der Waals surface area contributed by atoms with Crippen LogP contribution in [0.4, 0.5) is 4.79 Å². The first-order chi connectivity index (χ1) is 26.2. The van der Waals surface area contributed by atoms with Crippen molar-refractivity contribution in [2.75, 3.05) is 34.3 Å². The van der Waals surface area contributed by atoms with Crippen molar-refractivity contribution in [3.8, 4) is 11.3 Å². The highest BCUT2D eigenvalue weighted by atomic mass is 16.5. The predicted octanol–water partition coefficient (Wildman–Crippen LogP) is 7.01. The molecule has 1 saturated carbocycles. The van der Waals surface area contributed by atoms with Crippen LogP contribution in [0.1, 0.15) is 123 Å². The first kappa shape index (κ1) is 37.3. The normalized spacial score (nSPS) is 22.7. The van der Waals surface area contributed by atoms with Gasteiger partial charge in [-0.25, -0.2) is 14.8 Å². The molecular formula is C42H54N8O4. The van der Waals surface area contributed by atoms with Crippen molar-refractivity contribution < 1.29 is 19.1 Å². The molecule has 0 bridgehead atoms. The number of hydrogen-bond acceptors (Lipinski definition) is 7. The van der Waals surface area contributed by atoms with Crippen molar-refractivity contribution in [2.45, 2.75) is 101 Å². The quantitative estimate of drug-likeness (QED) is 0.151. The number of benzene rings is 2. The third-order valence-electron chi connectivity index (χ3n) is 11.8. The molecule has 4 heterocycles. The number of carbonyl (C=O) groups is 3. The number of likely N-dealkylation sites (tertiary alicyclic amines) is 2. The van der Waals surface area contributed by atoms with E-state index in [0.29, 0.717) is 24.8 Å². The van der Waals surface area contributed by atoms with E-state index in [-0.39, 0.29) is 29.9 Å². The predicted molar refractivity (Wildman–Crippen MR) is 206 cm³/mol. The molecule has 3 aliphatic rings. The molecule has 0 radical (unpaired) electrons. The molecule has 286 valence electrons. The second-order valence-electron chi connectivity index (χ2n) is 15.3. The van der Waals surface area contributed by atoms with E-state index in [4.69, 9.17) is 14.7 Å². The summed E-state index contributed by atoms with van der Waals surface area (Å²) in [6.07, 6.45) is 11.7. The highest BCUT2D eigenvalue weighted by Crippen LogP contribution is 2.42. The Balaban J connectivity index is 0.948. The van der Waals surface area contributed by atoms with Gasteiger partial charge in [-0.15, -0.1) is 0 Å². The molecule has 2 aliphatic heterocycles. The molecule has 12 nitrogen and oxygen atoms in total. The van der Waals surface area contributed by atoms with Crippen molar-refractivity contribution in [1.82, 2.24) is 40.0 Å². The van der Waals surface area contributed by atoms with Crippen molar-refractivity contribution in [3.05, 3.63) is 95.5 Å². The number of imidazole rings is 2. The van der Waals surface area contributed by atoms with Crippen LogP contribution in [0, 0.1) is 0 Å². The van der Waals surface area contributed by atoms with Crippen LogP contribution in [0.2, 0.25) is 0 Å². The Morgan fingerprint density at radius 1 is 0.815 bits per heavy atom. The van der Waals surface area contributed by atoms with Crippen molar-refractivity contribution >= 4 is 17.9 Å². The maximum Gasteiger partial charge on any atom is 0.407 e. The minimum absolute atomic E-state index is 0.0684. The molecule has 4 unspecified atom stereocenters. The summed E-state index contributed by atoms with van der Waals surface area (Å²) < 4.78 is 4.73. The van der Waals surface area contributed by atoms with Gasteiger partial charge in [0.25, 0.3) is 0 Å². The Kier molecular flexibility index (Phi) is 11.5. The van der Waals surface area contributed by atoms with E-state index in [1.165, 1.54) is 12.7 Å². The standard InChI is InChI=1S/C42H54N8O4/c1-5-32(47-42(53)54-4)40(51)49-23-9-13-35(49)38-43-25-33(45-38)29-19-15-27(16-20-29)28-17-21-30(22-18-28)34-26-44-39(46-34)36-14-10-24-50(36)41(52)37(48(2)3)31-11-7-6-8-12-31/h6-8,11-12,17-18,21-22,25-27,29,32,35-37H,5,9-10,13-16,19-20,23-24H2,1-4H3,(H,43,45)(H,44,46)(H,47,53). The third kappa shape index (κ3) is 7.80. The van der Waals surface area contributed by atoms with Gasteiger partial charge >= 0.3 is 6.09 Å². The summed E-state index contributed by atoms with van der Waals surface area (Å²) >= 11 is 0. The van der Waals surface area contributed by atoms with Crippen LogP contribution < -0.4 is 5.32 Å². The second-order valence-corrected chi connectivity index (χ2v) is 15.3. The first-order valence-corrected chi connectivity index (χ1v) is 19.6. The van der Waals surface area contributed by atoms with Gasteiger partial charge in [0.2, 0.25) is 11.8 Å². The van der Waals surface area contributed by atoms with E-state index in [0.717, 1.165) is 92.1 Å². The van der Waals surface area contributed by atoms with Crippen LogP contribution >= 0.6 is 0 Å². The number of hydrogen-bond donors (Lipinski definition) is 3. The van der Waals surface area contributed by atoms with E-state index < -0.39 is 12.1 Å². The van der Waals surface area contributed by atoms with Gasteiger partial charge in [-0.2, -0.15) is 0 Å². The topological polar surface area (TPSA) is 140 Å². The first-order valence-electron chi connectivity index (χ1n) is 19.6. The number of likely N-dealkylation sites (N-methyl/N-ethyl adjacent to an activating group) is 1. The molecule has 2 saturated heterocycles. The largest absolute Gasteiger partial charge is 0.453 e. The minimum atomic E-state index is -0.615. The highest BCUT2D eigenvalue weighted by molar-refractivity contribution is 5.86. The zero-order valence-corrected chi connectivity index (χ0v) is 32.0. The lowest BCUT2D eigenvalue weighted by atomic mass is 9.77. The summed E-state index contributed by atoms with van der Waals surface area (Å²) in [7, 11) is 5.23. The average Bonchev–Trinajstić information content (AvgIpc) is 4.04. The fourth-order valence-electron chi connectivity index (χ4n) is 8.88. The zero-order chi connectivity index (χ0) is 37.8. The van der Waals surface area contributed by atoms with Gasteiger partial charge < -0.3 is 29.8 Å². The van der Waals surface area contributed by atoms with E-state index in [2.05, 4.69) is 39.6 Å². The lowest BCUT2D eigenvalue weighted by Gasteiger charge is -2.31. The molecule has 3 N–H and O–H groups in total. The number of aromatic nitrogens is 4. The Labute approximate surface area is 318 Å². The molecule has 1 aliphatic carbocycles. The summed E-state index contributed by atoms with van der Waals surface area (Å²) in [5.41, 5.74) is 5.56. The molecule has 54 heavy (non-hydrogen) atoms. The molecule has 7 rings (SSSR count). The van der Waals surface area contributed by atoms with Crippen LogP contribution in [-0.2, 0) is 14.3 Å². The summed E-state index contributed by atoms with van der Waals surface area (Å²) in [6, 6.07) is 17.8. The van der Waals surface area contributed by atoms with Gasteiger partial charge in [0.15, 0.2) is 0 Å². The summed E-state index contributed by atoms with van der Waals surface area (Å²) in [5.74, 6) is 2.61. The maximum atomic E-state index is 13.9. The summed E-state index contributed by atoms with van der Waals surface area (Å²) in [5, 5.41) is 2.68. The Hall–Kier alpha value is -4.97. The SMILES string of the molecule is CCC(NC(=O)OC)C(=O)N1CCCC1c1ncc(C2CCC(c3ccc(-c4cnc(C5CCCN5C(=O)C(c5ccccc5)N(C)C)[nH]4)cc3)CC2)[nH]1. The molecule has 2 aromatic heterocycles. The number of rotatable bonds is 11. The Morgan fingerprint density at radius 2 is 1.43 bits per heavy atom. The molecule has 3 fully saturated rings. The van der Waals surface area contributed by atoms with Gasteiger partial charge in [-0.3, -0.25) is 14.5 Å². The van der Waals surface area contributed by atoms with Gasteiger partial charge in [-0.1, -0.05) is 61.5 Å². The lowest BCUT2D eigenvalue weighted by Crippen LogP contribution is -2.48. The number of carbonyl (C=O) groups excluding carboxylic acids is 3. The number of nitrogens with zero attached hydrogens (tertiary/aromatic N) is 5. The number of alkyl carbamates (subject to hydrolysis) is 1. The van der Waals surface area contributed by atoms with Gasteiger partial charge in [0.1, 0.15) is 23.7 Å². The van der Waals surface area contributed by atoms with E-state index in [1.54, 1.807) is 0 Å². The van der Waals surface area contributed by atoms with Gasteiger partial charge in [0.05, 0.1) is 31.1 Å². The van der Waals surface area contributed by atoms with Crippen LogP contribution in [-0.4, -0.2) is 92.9 Å². The minimum Gasteiger partial charge on any atom is -0.453 e. The molecule has 4 aromatic rings. The van der Waals surface area contributed by atoms with E-state index in [9.17, 15) is 14.4 Å². The van der Waals surface area contributed by atoms with Crippen LogP contribution in [0.25, 0.3) is 11.3 Å². The van der Waals surface area contributed by atoms with Gasteiger partial charge in [-0.05, 0) is 94.5 Å². The number of amides is 3. The van der Waals surface area contributed by atoms with E-state index in [1.807, 2.05) is 78.4 Å².